The molecule has 0 bridgehead atoms. The zero-order valence-corrected chi connectivity index (χ0v) is 13.4. The first-order valence-corrected chi connectivity index (χ1v) is 8.94. The lowest BCUT2D eigenvalue weighted by atomic mass is 9.90. The Balaban J connectivity index is 2.16. The molecule has 2 rings (SSSR count). The minimum atomic E-state index is 0.158. The van der Waals surface area contributed by atoms with Gasteiger partial charge in [-0.3, -0.25) is 9.80 Å². The Bertz CT molecular complexity index is 240. The van der Waals surface area contributed by atoms with Crippen LogP contribution >= 0.6 is 0 Å². The summed E-state index contributed by atoms with van der Waals surface area (Å²) >= 11 is 0. The van der Waals surface area contributed by atoms with Crippen molar-refractivity contribution in [3.63, 3.8) is 0 Å². The Morgan fingerprint density at radius 3 is 1.70 bits per heavy atom. The Morgan fingerprint density at radius 1 is 0.800 bits per heavy atom. The van der Waals surface area contributed by atoms with E-state index in [1.165, 1.54) is 84.0 Å². The van der Waals surface area contributed by atoms with Gasteiger partial charge in [-0.15, -0.1) is 0 Å². The van der Waals surface area contributed by atoms with E-state index in [0.29, 0.717) is 6.61 Å². The maximum atomic E-state index is 9.71. The summed E-state index contributed by atoms with van der Waals surface area (Å²) < 4.78 is 0. The maximum absolute atomic E-state index is 9.71. The van der Waals surface area contributed by atoms with Gasteiger partial charge in [0.1, 0.15) is 0 Å². The van der Waals surface area contributed by atoms with Gasteiger partial charge in [0.15, 0.2) is 0 Å². The van der Waals surface area contributed by atoms with E-state index >= 15 is 0 Å². The Morgan fingerprint density at radius 2 is 1.30 bits per heavy atom. The maximum Gasteiger partial charge on any atom is 0.0759 e. The fourth-order valence-electron chi connectivity index (χ4n) is 4.22. The van der Waals surface area contributed by atoms with Crippen LogP contribution < -0.4 is 0 Å². The Kier molecular flexibility index (Phi) is 6.79. The van der Waals surface area contributed by atoms with Gasteiger partial charge >= 0.3 is 0 Å². The number of piperidine rings is 2. The second-order valence-corrected chi connectivity index (χ2v) is 6.66. The van der Waals surface area contributed by atoms with Crippen molar-refractivity contribution >= 4 is 0 Å². The topological polar surface area (TPSA) is 26.7 Å². The summed E-state index contributed by atoms with van der Waals surface area (Å²) in [6.07, 6.45) is 12.9. The van der Waals surface area contributed by atoms with Crippen molar-refractivity contribution in [2.45, 2.75) is 76.8 Å². The molecule has 0 atom stereocenters. The second kappa shape index (κ2) is 8.35. The lowest BCUT2D eigenvalue weighted by molar-refractivity contribution is -0.0967. The fourth-order valence-corrected chi connectivity index (χ4v) is 4.22. The number of aliphatic hydroxyl groups is 1. The Labute approximate surface area is 125 Å². The average Bonchev–Trinajstić information content (AvgIpc) is 2.53. The van der Waals surface area contributed by atoms with E-state index in [1.54, 1.807) is 0 Å². The van der Waals surface area contributed by atoms with Crippen LogP contribution in [0.4, 0.5) is 0 Å². The molecule has 2 fully saturated rings. The number of rotatable bonds is 7. The van der Waals surface area contributed by atoms with Crippen LogP contribution in [-0.4, -0.2) is 53.4 Å². The zero-order valence-electron chi connectivity index (χ0n) is 13.4. The summed E-state index contributed by atoms with van der Waals surface area (Å²) in [6, 6.07) is 0. The number of hydrogen-bond acceptors (Lipinski definition) is 3. The van der Waals surface area contributed by atoms with Gasteiger partial charge in [-0.2, -0.15) is 0 Å². The number of hydrogen-bond donors (Lipinski definition) is 1. The van der Waals surface area contributed by atoms with E-state index < -0.39 is 0 Å². The quantitative estimate of drug-likeness (QED) is 0.776. The van der Waals surface area contributed by atoms with Crippen molar-refractivity contribution in [2.24, 2.45) is 0 Å². The van der Waals surface area contributed by atoms with Gasteiger partial charge in [-0.1, -0.05) is 32.6 Å². The lowest BCUT2D eigenvalue weighted by Gasteiger charge is -2.54. The monoisotopic (exact) mass is 282 g/mol. The normalized spacial score (nSPS) is 23.1. The van der Waals surface area contributed by atoms with Crippen molar-refractivity contribution in [3.8, 4) is 0 Å². The molecule has 0 aromatic rings. The minimum Gasteiger partial charge on any atom is -0.396 e. The number of likely N-dealkylation sites (tertiary alicyclic amines) is 2. The van der Waals surface area contributed by atoms with Crippen molar-refractivity contribution in [1.29, 1.82) is 0 Å². The van der Waals surface area contributed by atoms with Crippen LogP contribution in [-0.2, 0) is 0 Å². The molecule has 3 heteroatoms. The van der Waals surface area contributed by atoms with Gasteiger partial charge in [0.2, 0.25) is 0 Å². The fraction of sp³-hybridized carbons (Fsp3) is 1.00. The largest absolute Gasteiger partial charge is 0.396 e. The summed E-state index contributed by atoms with van der Waals surface area (Å²) in [5.41, 5.74) is 0.158. The van der Waals surface area contributed by atoms with Crippen LogP contribution in [0.1, 0.15) is 71.1 Å². The molecule has 2 aliphatic rings. The van der Waals surface area contributed by atoms with E-state index in [2.05, 4.69) is 16.7 Å². The third kappa shape index (κ3) is 3.75. The molecule has 0 aliphatic carbocycles. The van der Waals surface area contributed by atoms with Crippen LogP contribution in [0.25, 0.3) is 0 Å². The second-order valence-electron chi connectivity index (χ2n) is 6.66. The van der Waals surface area contributed by atoms with Gasteiger partial charge in [0.05, 0.1) is 5.66 Å². The minimum absolute atomic E-state index is 0.158. The molecule has 2 aliphatic heterocycles. The molecule has 2 saturated heterocycles. The molecule has 0 aromatic carbocycles. The van der Waals surface area contributed by atoms with Gasteiger partial charge in [0.25, 0.3) is 0 Å². The van der Waals surface area contributed by atoms with E-state index in [9.17, 15) is 5.11 Å². The summed E-state index contributed by atoms with van der Waals surface area (Å²) in [6.45, 7) is 7.56. The first-order chi connectivity index (χ1) is 9.83. The highest BCUT2D eigenvalue weighted by molar-refractivity contribution is 4.93. The average molecular weight is 282 g/mol. The molecule has 1 N–H and O–H groups in total. The SMILES string of the molecule is CCCCC(CCO)(N1CCCCC1)N1CCCCC1. The summed E-state index contributed by atoms with van der Waals surface area (Å²) in [7, 11) is 0. The smallest absolute Gasteiger partial charge is 0.0759 e. The lowest BCUT2D eigenvalue weighted by Crippen LogP contribution is -2.63. The highest BCUT2D eigenvalue weighted by Crippen LogP contribution is 2.35. The molecule has 3 nitrogen and oxygen atoms in total. The molecule has 20 heavy (non-hydrogen) atoms. The van der Waals surface area contributed by atoms with Gasteiger partial charge < -0.3 is 5.11 Å². The highest BCUT2D eigenvalue weighted by atomic mass is 16.3. The molecular formula is C17H34N2O. The number of unbranched alkanes of at least 4 members (excludes halogenated alkanes) is 1. The standard InChI is InChI=1S/C17H34N2O/c1-2-3-10-17(11-16-20,18-12-6-4-7-13-18)19-14-8-5-9-15-19/h20H,2-16H2,1H3. The molecular weight excluding hydrogens is 248 g/mol. The first kappa shape index (κ1) is 16.3. The van der Waals surface area contributed by atoms with E-state index in [-0.39, 0.29) is 5.66 Å². The number of nitrogens with zero attached hydrogens (tertiary/aromatic N) is 2. The summed E-state index contributed by atoms with van der Waals surface area (Å²) in [4.78, 5) is 5.46. The van der Waals surface area contributed by atoms with E-state index in [0.717, 1.165) is 6.42 Å². The van der Waals surface area contributed by atoms with Gasteiger partial charge in [0, 0.05) is 13.0 Å². The zero-order chi connectivity index (χ0) is 14.3. The number of aliphatic hydroxyl groups excluding tert-OH is 1. The predicted molar refractivity (Wildman–Crippen MR) is 84.8 cm³/mol. The highest BCUT2D eigenvalue weighted by Gasteiger charge is 2.41. The molecule has 0 spiro atoms. The van der Waals surface area contributed by atoms with Crippen LogP contribution in [0.2, 0.25) is 0 Å². The molecule has 118 valence electrons. The summed E-state index contributed by atoms with van der Waals surface area (Å²) in [5, 5.41) is 9.71. The van der Waals surface area contributed by atoms with Crippen LogP contribution in [0, 0.1) is 0 Å². The molecule has 0 radical (unpaired) electrons. The van der Waals surface area contributed by atoms with Crippen LogP contribution in [0.5, 0.6) is 0 Å². The van der Waals surface area contributed by atoms with Crippen molar-refractivity contribution in [1.82, 2.24) is 9.80 Å². The molecule has 0 saturated carbocycles. The van der Waals surface area contributed by atoms with E-state index in [1.807, 2.05) is 0 Å². The predicted octanol–water partition coefficient (Wildman–Crippen LogP) is 3.23. The molecule has 2 heterocycles. The summed E-state index contributed by atoms with van der Waals surface area (Å²) in [5.74, 6) is 0. The van der Waals surface area contributed by atoms with Crippen molar-refractivity contribution < 1.29 is 5.11 Å². The van der Waals surface area contributed by atoms with Crippen LogP contribution in [0.15, 0.2) is 0 Å². The van der Waals surface area contributed by atoms with Gasteiger partial charge in [-0.25, -0.2) is 0 Å². The first-order valence-electron chi connectivity index (χ1n) is 8.94. The third-order valence-corrected chi connectivity index (χ3v) is 5.33. The molecule has 0 aromatic heterocycles. The van der Waals surface area contributed by atoms with Crippen molar-refractivity contribution in [2.75, 3.05) is 32.8 Å². The van der Waals surface area contributed by atoms with Crippen molar-refractivity contribution in [3.05, 3.63) is 0 Å². The van der Waals surface area contributed by atoms with E-state index in [4.69, 9.17) is 0 Å². The Hall–Kier alpha value is -0.120. The van der Waals surface area contributed by atoms with Gasteiger partial charge in [-0.05, 0) is 58.3 Å². The third-order valence-electron chi connectivity index (χ3n) is 5.33. The molecule has 0 unspecified atom stereocenters. The molecule has 0 amide bonds. The van der Waals surface area contributed by atoms with Crippen LogP contribution in [0.3, 0.4) is 0 Å².